The number of nitrogens with one attached hydrogen (secondary N) is 1. The molecule has 0 aliphatic carbocycles. The summed E-state index contributed by atoms with van der Waals surface area (Å²) in [5.74, 6) is 1.82. The van der Waals surface area contributed by atoms with E-state index in [4.69, 9.17) is 9.47 Å². The van der Waals surface area contributed by atoms with Crippen LogP contribution in [0, 0.1) is 6.92 Å². The molecule has 8 nitrogen and oxygen atoms in total. The van der Waals surface area contributed by atoms with Gasteiger partial charge in [-0.1, -0.05) is 0 Å². The van der Waals surface area contributed by atoms with Gasteiger partial charge in [0.05, 0.1) is 31.8 Å². The molecule has 26 heavy (non-hydrogen) atoms. The number of morpholine rings is 1. The van der Waals surface area contributed by atoms with Crippen molar-refractivity contribution in [1.29, 1.82) is 0 Å². The molecule has 1 N–H and O–H groups in total. The molecule has 0 radical (unpaired) electrons. The van der Waals surface area contributed by atoms with Crippen molar-refractivity contribution in [1.82, 2.24) is 14.7 Å². The Hall–Kier alpha value is -2.23. The molecule has 1 aromatic carbocycles. The maximum absolute atomic E-state index is 12.4. The highest BCUT2D eigenvalue weighted by Gasteiger charge is 2.17. The molecule has 1 aliphatic rings. The monoisotopic (exact) mass is 378 g/mol. The Kier molecular flexibility index (Phi) is 5.70. The molecule has 1 aromatic heterocycles. The fraction of sp³-hybridized carbons (Fsp3) is 0.412. The third-order valence-electron chi connectivity index (χ3n) is 4.01. The first-order chi connectivity index (χ1) is 12.5. The van der Waals surface area contributed by atoms with E-state index in [9.17, 15) is 8.42 Å². The summed E-state index contributed by atoms with van der Waals surface area (Å²) in [6.07, 6.45) is 0. The molecule has 0 unspecified atom stereocenters. The van der Waals surface area contributed by atoms with E-state index >= 15 is 0 Å². The number of methoxy groups -OCH3 is 1. The van der Waals surface area contributed by atoms with E-state index in [1.54, 1.807) is 12.1 Å². The van der Waals surface area contributed by atoms with Crippen LogP contribution in [0.15, 0.2) is 35.2 Å². The largest absolute Gasteiger partial charge is 0.497 e. The quantitative estimate of drug-likeness (QED) is 0.805. The molecule has 2 aromatic rings. The SMILES string of the molecule is COc1ccc(S(=O)(=O)NCc2nc(C)cc(N3CCOCC3)n2)cc1. The number of ether oxygens (including phenoxy) is 2. The minimum atomic E-state index is -3.65. The molecule has 3 rings (SSSR count). The van der Waals surface area contributed by atoms with Gasteiger partial charge in [-0.2, -0.15) is 0 Å². The molecule has 0 amide bonds. The lowest BCUT2D eigenvalue weighted by Gasteiger charge is -2.28. The zero-order valence-electron chi connectivity index (χ0n) is 14.8. The van der Waals surface area contributed by atoms with Crippen molar-refractivity contribution < 1.29 is 17.9 Å². The lowest BCUT2D eigenvalue weighted by atomic mass is 10.3. The fourth-order valence-electron chi connectivity index (χ4n) is 2.64. The number of benzene rings is 1. The Morgan fingerprint density at radius 2 is 1.88 bits per heavy atom. The van der Waals surface area contributed by atoms with Crippen LogP contribution < -0.4 is 14.4 Å². The van der Waals surface area contributed by atoms with Gasteiger partial charge in [-0.25, -0.2) is 23.1 Å². The predicted molar refractivity (Wildman–Crippen MR) is 96.8 cm³/mol. The minimum absolute atomic E-state index is 0.0212. The number of hydrogen-bond acceptors (Lipinski definition) is 7. The van der Waals surface area contributed by atoms with Crippen molar-refractivity contribution in [2.24, 2.45) is 0 Å². The van der Waals surface area contributed by atoms with Gasteiger partial charge in [0.15, 0.2) is 0 Å². The summed E-state index contributed by atoms with van der Waals surface area (Å²) in [6, 6.07) is 8.10. The van der Waals surface area contributed by atoms with Gasteiger partial charge in [0, 0.05) is 24.8 Å². The summed E-state index contributed by atoms with van der Waals surface area (Å²) >= 11 is 0. The van der Waals surface area contributed by atoms with Crippen LogP contribution in [0.3, 0.4) is 0 Å². The normalized spacial score (nSPS) is 15.1. The summed E-state index contributed by atoms with van der Waals surface area (Å²) in [7, 11) is -2.12. The zero-order chi connectivity index (χ0) is 18.6. The van der Waals surface area contributed by atoms with E-state index in [0.717, 1.165) is 24.6 Å². The lowest BCUT2D eigenvalue weighted by molar-refractivity contribution is 0.122. The summed E-state index contributed by atoms with van der Waals surface area (Å²) in [5.41, 5.74) is 0.792. The Bertz CT molecular complexity index is 850. The molecule has 1 saturated heterocycles. The first-order valence-corrected chi connectivity index (χ1v) is 9.77. The molecule has 1 fully saturated rings. The minimum Gasteiger partial charge on any atom is -0.497 e. The third-order valence-corrected chi connectivity index (χ3v) is 5.43. The van der Waals surface area contributed by atoms with E-state index in [0.29, 0.717) is 24.8 Å². The maximum Gasteiger partial charge on any atom is 0.240 e. The van der Waals surface area contributed by atoms with Gasteiger partial charge >= 0.3 is 0 Å². The van der Waals surface area contributed by atoms with Crippen LogP contribution in [0.25, 0.3) is 0 Å². The van der Waals surface area contributed by atoms with Gasteiger partial charge in [0.2, 0.25) is 10.0 Å². The van der Waals surface area contributed by atoms with E-state index in [1.807, 2.05) is 13.0 Å². The zero-order valence-corrected chi connectivity index (χ0v) is 15.6. The smallest absolute Gasteiger partial charge is 0.240 e. The van der Waals surface area contributed by atoms with E-state index in [-0.39, 0.29) is 11.4 Å². The Labute approximate surface area is 153 Å². The van der Waals surface area contributed by atoms with Crippen molar-refractivity contribution >= 4 is 15.8 Å². The van der Waals surface area contributed by atoms with E-state index < -0.39 is 10.0 Å². The number of sulfonamides is 1. The second kappa shape index (κ2) is 7.98. The van der Waals surface area contributed by atoms with Gasteiger partial charge in [-0.3, -0.25) is 0 Å². The van der Waals surface area contributed by atoms with Crippen LogP contribution >= 0.6 is 0 Å². The molecule has 0 atom stereocenters. The molecular weight excluding hydrogens is 356 g/mol. The van der Waals surface area contributed by atoms with Crippen LogP contribution in [0.2, 0.25) is 0 Å². The highest BCUT2D eigenvalue weighted by molar-refractivity contribution is 7.89. The first-order valence-electron chi connectivity index (χ1n) is 8.29. The lowest BCUT2D eigenvalue weighted by Crippen LogP contribution is -2.37. The van der Waals surface area contributed by atoms with Gasteiger partial charge in [0.1, 0.15) is 17.4 Å². The average molecular weight is 378 g/mol. The molecule has 0 bridgehead atoms. The van der Waals surface area contributed by atoms with Crippen LogP contribution in [-0.2, 0) is 21.3 Å². The van der Waals surface area contributed by atoms with Crippen LogP contribution in [-0.4, -0.2) is 51.8 Å². The third kappa shape index (κ3) is 4.48. The Balaban J connectivity index is 1.72. The predicted octanol–water partition coefficient (Wildman–Crippen LogP) is 1.11. The molecular formula is C17H22N4O4S. The van der Waals surface area contributed by atoms with E-state index in [1.165, 1.54) is 19.2 Å². The van der Waals surface area contributed by atoms with Gasteiger partial charge in [0.25, 0.3) is 0 Å². The Morgan fingerprint density at radius 1 is 1.19 bits per heavy atom. The number of anilines is 1. The van der Waals surface area contributed by atoms with Crippen molar-refractivity contribution in [3.05, 3.63) is 41.9 Å². The van der Waals surface area contributed by atoms with Crippen LogP contribution in [0.4, 0.5) is 5.82 Å². The molecule has 140 valence electrons. The van der Waals surface area contributed by atoms with Gasteiger partial charge in [-0.15, -0.1) is 0 Å². The van der Waals surface area contributed by atoms with Gasteiger partial charge < -0.3 is 14.4 Å². The highest BCUT2D eigenvalue weighted by atomic mass is 32.2. The molecule has 0 spiro atoms. The Morgan fingerprint density at radius 3 is 2.54 bits per heavy atom. The maximum atomic E-state index is 12.4. The van der Waals surface area contributed by atoms with Crippen molar-refractivity contribution in [3.8, 4) is 5.75 Å². The molecule has 0 saturated carbocycles. The fourth-order valence-corrected chi connectivity index (χ4v) is 3.62. The number of rotatable bonds is 6. The second-order valence-electron chi connectivity index (χ2n) is 5.88. The van der Waals surface area contributed by atoms with Crippen LogP contribution in [0.1, 0.15) is 11.5 Å². The molecule has 9 heteroatoms. The second-order valence-corrected chi connectivity index (χ2v) is 7.65. The van der Waals surface area contributed by atoms with E-state index in [2.05, 4.69) is 19.6 Å². The van der Waals surface area contributed by atoms with Gasteiger partial charge in [-0.05, 0) is 31.2 Å². The standard InChI is InChI=1S/C17H22N4O4S/c1-13-11-17(21-7-9-25-10-8-21)20-16(19-13)12-18-26(22,23)15-5-3-14(24-2)4-6-15/h3-6,11,18H,7-10,12H2,1-2H3. The topological polar surface area (TPSA) is 93.7 Å². The average Bonchev–Trinajstić information content (AvgIpc) is 2.67. The number of hydrogen-bond donors (Lipinski definition) is 1. The highest BCUT2D eigenvalue weighted by Crippen LogP contribution is 2.17. The summed E-state index contributed by atoms with van der Waals surface area (Å²) in [6.45, 7) is 4.71. The summed E-state index contributed by atoms with van der Waals surface area (Å²) in [4.78, 5) is 11.1. The number of aryl methyl sites for hydroxylation is 1. The first kappa shape index (κ1) is 18.6. The van der Waals surface area contributed by atoms with Crippen molar-refractivity contribution in [2.45, 2.75) is 18.4 Å². The van der Waals surface area contributed by atoms with Crippen molar-refractivity contribution in [3.63, 3.8) is 0 Å². The van der Waals surface area contributed by atoms with Crippen LogP contribution in [0.5, 0.6) is 5.75 Å². The number of aromatic nitrogens is 2. The molecule has 1 aliphatic heterocycles. The molecule has 2 heterocycles. The van der Waals surface area contributed by atoms with Crippen molar-refractivity contribution in [2.75, 3.05) is 38.3 Å². The number of nitrogens with zero attached hydrogens (tertiary/aromatic N) is 3. The summed E-state index contributed by atoms with van der Waals surface area (Å²) in [5, 5.41) is 0. The summed E-state index contributed by atoms with van der Waals surface area (Å²) < 4.78 is 37.8.